The quantitative estimate of drug-likeness (QED) is 0.631. The number of hydrogen-bond acceptors (Lipinski definition) is 4. The van der Waals surface area contributed by atoms with E-state index in [1.165, 1.54) is 32.1 Å². The summed E-state index contributed by atoms with van der Waals surface area (Å²) in [6, 6.07) is 3.85. The summed E-state index contributed by atoms with van der Waals surface area (Å²) < 4.78 is 16.1. The highest BCUT2D eigenvalue weighted by molar-refractivity contribution is 5.50. The summed E-state index contributed by atoms with van der Waals surface area (Å²) in [6.45, 7) is 4.04. The summed E-state index contributed by atoms with van der Waals surface area (Å²) in [6.07, 6.45) is 6.47. The van der Waals surface area contributed by atoms with Crippen LogP contribution in [-0.4, -0.2) is 27.9 Å². The van der Waals surface area contributed by atoms with Crippen molar-refractivity contribution in [1.82, 2.24) is 5.32 Å². The van der Waals surface area contributed by atoms with Gasteiger partial charge in [-0.25, -0.2) is 0 Å². The molecule has 0 aliphatic carbocycles. The minimum atomic E-state index is 0.692. The molecule has 0 spiro atoms. The molecule has 4 nitrogen and oxygen atoms in total. The first kappa shape index (κ1) is 17.6. The van der Waals surface area contributed by atoms with Gasteiger partial charge in [0.05, 0.1) is 21.3 Å². The van der Waals surface area contributed by atoms with Crippen LogP contribution in [0.2, 0.25) is 0 Å². The smallest absolute Gasteiger partial charge is 0.164 e. The van der Waals surface area contributed by atoms with Gasteiger partial charge in [0.25, 0.3) is 0 Å². The Kier molecular flexibility index (Phi) is 8.67. The molecule has 21 heavy (non-hydrogen) atoms. The van der Waals surface area contributed by atoms with Crippen LogP contribution in [0.25, 0.3) is 0 Å². The molecule has 120 valence electrons. The van der Waals surface area contributed by atoms with Crippen molar-refractivity contribution >= 4 is 0 Å². The van der Waals surface area contributed by atoms with Gasteiger partial charge in [0.15, 0.2) is 11.5 Å². The first-order valence-electron chi connectivity index (χ1n) is 7.76. The Balaban J connectivity index is 2.49. The Morgan fingerprint density at radius 2 is 1.43 bits per heavy atom. The minimum absolute atomic E-state index is 0.692. The van der Waals surface area contributed by atoms with Crippen LogP contribution < -0.4 is 19.5 Å². The summed E-state index contributed by atoms with van der Waals surface area (Å²) in [4.78, 5) is 0. The van der Waals surface area contributed by atoms with Crippen LogP contribution in [0.15, 0.2) is 12.1 Å². The summed E-state index contributed by atoms with van der Waals surface area (Å²) in [5.41, 5.74) is 1.09. The zero-order chi connectivity index (χ0) is 15.5. The lowest BCUT2D eigenvalue weighted by Crippen LogP contribution is -2.15. The Morgan fingerprint density at radius 1 is 0.810 bits per heavy atom. The number of nitrogens with one attached hydrogen (secondary N) is 1. The molecule has 1 aromatic rings. The molecule has 0 amide bonds. The second-order valence-corrected chi connectivity index (χ2v) is 5.11. The molecule has 0 unspecified atom stereocenters. The fraction of sp³-hybridized carbons (Fsp3) is 0.647. The van der Waals surface area contributed by atoms with Crippen molar-refractivity contribution in [3.05, 3.63) is 17.7 Å². The van der Waals surface area contributed by atoms with Crippen molar-refractivity contribution in [3.8, 4) is 17.2 Å². The highest BCUT2D eigenvalue weighted by Gasteiger charge is 2.11. The van der Waals surface area contributed by atoms with E-state index >= 15 is 0 Å². The molecule has 0 atom stereocenters. The van der Waals surface area contributed by atoms with Crippen molar-refractivity contribution in [2.45, 2.75) is 45.6 Å². The summed E-state index contributed by atoms with van der Waals surface area (Å²) in [5, 5.41) is 3.47. The zero-order valence-electron chi connectivity index (χ0n) is 13.8. The molecule has 0 bridgehead atoms. The number of ether oxygens (including phenoxy) is 3. The van der Waals surface area contributed by atoms with Crippen molar-refractivity contribution in [2.75, 3.05) is 27.9 Å². The molecule has 0 aromatic heterocycles. The lowest BCUT2D eigenvalue weighted by Gasteiger charge is -2.14. The monoisotopic (exact) mass is 295 g/mol. The van der Waals surface area contributed by atoms with Crippen molar-refractivity contribution in [1.29, 1.82) is 0 Å². The average Bonchev–Trinajstić information content (AvgIpc) is 2.53. The SMILES string of the molecule is CCCCCCCNCc1cc(OC)c(OC)cc1OC. The lowest BCUT2D eigenvalue weighted by atomic mass is 10.1. The normalized spacial score (nSPS) is 10.5. The van der Waals surface area contributed by atoms with E-state index in [0.29, 0.717) is 5.75 Å². The standard InChI is InChI=1S/C17H29NO3/c1-5-6-7-8-9-10-18-13-14-11-16(20-3)17(21-4)12-15(14)19-2/h11-12,18H,5-10,13H2,1-4H3. The van der Waals surface area contributed by atoms with Crippen LogP contribution in [0, 0.1) is 0 Å². The van der Waals surface area contributed by atoms with Gasteiger partial charge in [-0.2, -0.15) is 0 Å². The van der Waals surface area contributed by atoms with E-state index in [2.05, 4.69) is 12.2 Å². The molecule has 1 N–H and O–H groups in total. The molecule has 1 rings (SSSR count). The first-order chi connectivity index (χ1) is 10.3. The Morgan fingerprint density at radius 3 is 2.05 bits per heavy atom. The second-order valence-electron chi connectivity index (χ2n) is 5.11. The van der Waals surface area contributed by atoms with Gasteiger partial charge in [-0.05, 0) is 19.0 Å². The van der Waals surface area contributed by atoms with Gasteiger partial charge < -0.3 is 19.5 Å². The van der Waals surface area contributed by atoms with E-state index in [1.54, 1.807) is 21.3 Å². The van der Waals surface area contributed by atoms with E-state index in [4.69, 9.17) is 14.2 Å². The maximum absolute atomic E-state index is 5.42. The molecule has 0 heterocycles. The van der Waals surface area contributed by atoms with Crippen LogP contribution in [0.5, 0.6) is 17.2 Å². The molecule has 4 heteroatoms. The first-order valence-corrected chi connectivity index (χ1v) is 7.76. The molecule has 0 saturated heterocycles. The van der Waals surface area contributed by atoms with Crippen LogP contribution >= 0.6 is 0 Å². The van der Waals surface area contributed by atoms with E-state index in [-0.39, 0.29) is 0 Å². The van der Waals surface area contributed by atoms with Crippen LogP contribution in [-0.2, 0) is 6.54 Å². The number of hydrogen-bond donors (Lipinski definition) is 1. The third-order valence-electron chi connectivity index (χ3n) is 3.56. The predicted octanol–water partition coefficient (Wildman–Crippen LogP) is 3.77. The second kappa shape index (κ2) is 10.3. The largest absolute Gasteiger partial charge is 0.496 e. The number of benzene rings is 1. The van der Waals surface area contributed by atoms with Crippen LogP contribution in [0.1, 0.15) is 44.6 Å². The van der Waals surface area contributed by atoms with Gasteiger partial charge in [-0.3, -0.25) is 0 Å². The van der Waals surface area contributed by atoms with E-state index in [0.717, 1.165) is 30.2 Å². The fourth-order valence-electron chi connectivity index (χ4n) is 2.31. The Bertz CT molecular complexity index is 407. The number of unbranched alkanes of at least 4 members (excludes halogenated alkanes) is 4. The van der Waals surface area contributed by atoms with E-state index < -0.39 is 0 Å². The predicted molar refractivity (Wildman–Crippen MR) is 86.6 cm³/mol. The average molecular weight is 295 g/mol. The van der Waals surface area contributed by atoms with Crippen molar-refractivity contribution in [3.63, 3.8) is 0 Å². The van der Waals surface area contributed by atoms with Crippen molar-refractivity contribution in [2.24, 2.45) is 0 Å². The Hall–Kier alpha value is -1.42. The summed E-state index contributed by atoms with van der Waals surface area (Å²) in [5.74, 6) is 2.25. The molecular formula is C17H29NO3. The highest BCUT2D eigenvalue weighted by atomic mass is 16.5. The topological polar surface area (TPSA) is 39.7 Å². The fourth-order valence-corrected chi connectivity index (χ4v) is 2.31. The minimum Gasteiger partial charge on any atom is -0.496 e. The summed E-state index contributed by atoms with van der Waals surface area (Å²) in [7, 11) is 4.95. The van der Waals surface area contributed by atoms with E-state index in [1.807, 2.05) is 12.1 Å². The van der Waals surface area contributed by atoms with Gasteiger partial charge in [-0.1, -0.05) is 32.6 Å². The van der Waals surface area contributed by atoms with Gasteiger partial charge in [0.2, 0.25) is 0 Å². The highest BCUT2D eigenvalue weighted by Crippen LogP contribution is 2.34. The van der Waals surface area contributed by atoms with Gasteiger partial charge in [0.1, 0.15) is 5.75 Å². The summed E-state index contributed by atoms with van der Waals surface area (Å²) >= 11 is 0. The molecule has 0 saturated carbocycles. The van der Waals surface area contributed by atoms with Gasteiger partial charge in [0, 0.05) is 18.2 Å². The zero-order valence-corrected chi connectivity index (χ0v) is 13.8. The molecule has 0 aliphatic rings. The van der Waals surface area contributed by atoms with E-state index in [9.17, 15) is 0 Å². The van der Waals surface area contributed by atoms with Gasteiger partial charge in [-0.15, -0.1) is 0 Å². The van der Waals surface area contributed by atoms with Crippen LogP contribution in [0.3, 0.4) is 0 Å². The lowest BCUT2D eigenvalue weighted by molar-refractivity contribution is 0.347. The molecule has 0 fully saturated rings. The number of methoxy groups -OCH3 is 3. The third kappa shape index (κ3) is 5.84. The maximum Gasteiger partial charge on any atom is 0.164 e. The van der Waals surface area contributed by atoms with Crippen molar-refractivity contribution < 1.29 is 14.2 Å². The third-order valence-corrected chi connectivity index (χ3v) is 3.56. The van der Waals surface area contributed by atoms with Gasteiger partial charge >= 0.3 is 0 Å². The van der Waals surface area contributed by atoms with Crippen LogP contribution in [0.4, 0.5) is 0 Å². The number of rotatable bonds is 11. The molecule has 0 radical (unpaired) electrons. The Labute approximate surface area is 128 Å². The molecule has 0 aliphatic heterocycles. The maximum atomic E-state index is 5.42. The molecular weight excluding hydrogens is 266 g/mol. The molecule has 1 aromatic carbocycles.